The molecule has 0 bridgehead atoms. The zero-order chi connectivity index (χ0) is 26.0. The van der Waals surface area contributed by atoms with Crippen molar-refractivity contribution in [3.05, 3.63) is 59.9 Å². The van der Waals surface area contributed by atoms with Gasteiger partial charge in [0.2, 0.25) is 0 Å². The Kier molecular flexibility index (Phi) is 10.3. The molecule has 0 amide bonds. The summed E-state index contributed by atoms with van der Waals surface area (Å²) >= 11 is 0. The van der Waals surface area contributed by atoms with Crippen LogP contribution >= 0.6 is 0 Å². The Bertz CT molecular complexity index is 1220. The maximum Gasteiger partial charge on any atom is 0.151 e. The smallest absolute Gasteiger partial charge is 0.151 e. The molecule has 2 saturated heterocycles. The van der Waals surface area contributed by atoms with E-state index in [0.717, 1.165) is 42.1 Å². The van der Waals surface area contributed by atoms with Gasteiger partial charge in [0.05, 0.1) is 11.5 Å². The molecule has 3 aromatic rings. The number of piperidine rings is 1. The molecule has 0 saturated carbocycles. The van der Waals surface area contributed by atoms with Gasteiger partial charge in [-0.05, 0) is 89.3 Å². The minimum Gasteiger partial charge on any atom is -0.317 e. The summed E-state index contributed by atoms with van der Waals surface area (Å²) in [4.78, 5) is 28.0. The molecule has 2 fully saturated rings. The van der Waals surface area contributed by atoms with E-state index in [-0.39, 0.29) is 0 Å². The summed E-state index contributed by atoms with van der Waals surface area (Å²) in [6.45, 7) is 2.64. The highest BCUT2D eigenvalue weighted by atomic mass is 32.2. The lowest BCUT2D eigenvalue weighted by Crippen LogP contribution is -2.35. The topological polar surface area (TPSA) is 101 Å². The van der Waals surface area contributed by atoms with Crippen molar-refractivity contribution in [2.75, 3.05) is 38.7 Å². The van der Waals surface area contributed by atoms with Crippen LogP contribution in [0, 0.1) is 0 Å². The molecule has 2 aromatic heterocycles. The Morgan fingerprint density at radius 2 is 1.58 bits per heavy atom. The number of carbonyl (C=O) groups excluding carboxylic acids is 2. The van der Waals surface area contributed by atoms with Crippen molar-refractivity contribution >= 4 is 33.4 Å². The standard InChI is InChI=1S/C15H10N2O2.C6H13NO2S.C6H13N/c18-9-11-1-3-14(4-2-11)17-6-5-13-7-12(10-19)8-16-15(13)17;1-7-6-2-4-10(8,9)5-3-6;1-7-5-3-2-4-6-7/h1-10H;6-7H,2-5H2,1H3;2-6H2,1H3. The van der Waals surface area contributed by atoms with E-state index < -0.39 is 9.84 Å². The summed E-state index contributed by atoms with van der Waals surface area (Å²) in [7, 11) is 1.41. The van der Waals surface area contributed by atoms with E-state index in [4.69, 9.17) is 0 Å². The molecular formula is C27H36N4O4S. The molecule has 9 heteroatoms. The molecule has 0 spiro atoms. The average Bonchev–Trinajstić information content (AvgIpc) is 3.33. The third-order valence-electron chi connectivity index (χ3n) is 6.53. The van der Waals surface area contributed by atoms with E-state index in [9.17, 15) is 18.0 Å². The van der Waals surface area contributed by atoms with Crippen LogP contribution in [-0.2, 0) is 9.84 Å². The van der Waals surface area contributed by atoms with Gasteiger partial charge in [-0.1, -0.05) is 6.42 Å². The number of nitrogens with one attached hydrogen (secondary N) is 1. The molecule has 4 heterocycles. The van der Waals surface area contributed by atoms with Crippen molar-refractivity contribution in [1.82, 2.24) is 19.8 Å². The first kappa shape index (κ1) is 27.7. The maximum atomic E-state index is 10.9. The normalized spacial score (nSPS) is 17.8. The van der Waals surface area contributed by atoms with Gasteiger partial charge in [0, 0.05) is 40.6 Å². The Morgan fingerprint density at radius 3 is 2.11 bits per heavy atom. The molecular weight excluding hydrogens is 476 g/mol. The number of aldehydes is 2. The highest BCUT2D eigenvalue weighted by Gasteiger charge is 2.21. The van der Waals surface area contributed by atoms with E-state index in [0.29, 0.717) is 28.7 Å². The van der Waals surface area contributed by atoms with E-state index in [1.165, 1.54) is 32.4 Å². The van der Waals surface area contributed by atoms with Crippen LogP contribution in [0.3, 0.4) is 0 Å². The van der Waals surface area contributed by atoms with Crippen molar-refractivity contribution in [3.63, 3.8) is 0 Å². The predicted octanol–water partition coefficient (Wildman–Crippen LogP) is 3.54. The Balaban J connectivity index is 0.000000177. The van der Waals surface area contributed by atoms with E-state index in [2.05, 4.69) is 22.2 Å². The largest absolute Gasteiger partial charge is 0.317 e. The molecule has 1 N–H and O–H groups in total. The molecule has 2 aliphatic rings. The second-order valence-corrected chi connectivity index (χ2v) is 11.6. The van der Waals surface area contributed by atoms with E-state index in [1.54, 1.807) is 24.4 Å². The molecule has 194 valence electrons. The lowest BCUT2D eigenvalue weighted by atomic mass is 10.1. The first-order valence-corrected chi connectivity index (χ1v) is 14.2. The number of pyridine rings is 1. The predicted molar refractivity (Wildman–Crippen MR) is 144 cm³/mol. The van der Waals surface area contributed by atoms with Crippen molar-refractivity contribution in [2.24, 2.45) is 0 Å². The van der Waals surface area contributed by atoms with Gasteiger partial charge in [-0.25, -0.2) is 13.4 Å². The zero-order valence-electron chi connectivity index (χ0n) is 21.1. The summed E-state index contributed by atoms with van der Waals surface area (Å²) in [5.41, 5.74) is 2.90. The van der Waals surface area contributed by atoms with Crippen molar-refractivity contribution in [2.45, 2.75) is 38.1 Å². The average molecular weight is 513 g/mol. The van der Waals surface area contributed by atoms with Gasteiger partial charge in [0.1, 0.15) is 21.8 Å². The third kappa shape index (κ3) is 8.08. The van der Waals surface area contributed by atoms with Crippen LogP contribution in [0.2, 0.25) is 0 Å². The van der Waals surface area contributed by atoms with Crippen LogP contribution in [0.25, 0.3) is 16.7 Å². The number of fused-ring (bicyclic) bond motifs is 1. The van der Waals surface area contributed by atoms with Crippen molar-refractivity contribution in [1.29, 1.82) is 0 Å². The zero-order valence-corrected chi connectivity index (χ0v) is 21.9. The monoisotopic (exact) mass is 512 g/mol. The van der Waals surface area contributed by atoms with E-state index >= 15 is 0 Å². The number of aromatic nitrogens is 2. The number of carbonyl (C=O) groups is 2. The SMILES string of the molecule is CN1CCCCC1.CNC1CCS(=O)(=O)CC1.O=Cc1ccc(-n2ccc3cc(C=O)cnc32)cc1. The van der Waals surface area contributed by atoms with Gasteiger partial charge in [-0.3, -0.25) is 9.59 Å². The molecule has 0 unspecified atom stereocenters. The van der Waals surface area contributed by atoms with Gasteiger partial charge in [0.15, 0.2) is 6.29 Å². The molecule has 8 nitrogen and oxygen atoms in total. The van der Waals surface area contributed by atoms with E-state index in [1.807, 2.05) is 36.0 Å². The second kappa shape index (κ2) is 13.4. The Hall–Kier alpha value is -2.88. The third-order valence-corrected chi connectivity index (χ3v) is 8.25. The molecule has 36 heavy (non-hydrogen) atoms. The number of likely N-dealkylation sites (tertiary alicyclic amines) is 1. The van der Waals surface area contributed by atoms with Gasteiger partial charge in [-0.15, -0.1) is 0 Å². The minimum atomic E-state index is -2.67. The summed E-state index contributed by atoms with van der Waals surface area (Å²) in [6, 6.07) is 11.4. The van der Waals surface area contributed by atoms with Crippen molar-refractivity contribution in [3.8, 4) is 5.69 Å². The van der Waals surface area contributed by atoms with Crippen LogP contribution in [0.1, 0.15) is 52.8 Å². The second-order valence-electron chi connectivity index (χ2n) is 9.27. The maximum absolute atomic E-state index is 10.9. The molecule has 0 atom stereocenters. The summed E-state index contributed by atoms with van der Waals surface area (Å²) in [5, 5.41) is 3.98. The fourth-order valence-electron chi connectivity index (χ4n) is 4.26. The van der Waals surface area contributed by atoms with Crippen LogP contribution in [0.15, 0.2) is 48.8 Å². The Labute approximate surface area is 213 Å². The lowest BCUT2D eigenvalue weighted by Gasteiger charge is -2.20. The Morgan fingerprint density at radius 1 is 0.944 bits per heavy atom. The minimum absolute atomic E-state index is 0.360. The number of benzene rings is 1. The fraction of sp³-hybridized carbons (Fsp3) is 0.444. The first-order chi connectivity index (χ1) is 17.3. The van der Waals surface area contributed by atoms with Gasteiger partial charge >= 0.3 is 0 Å². The van der Waals surface area contributed by atoms with Gasteiger partial charge in [0.25, 0.3) is 0 Å². The lowest BCUT2D eigenvalue weighted by molar-refractivity contribution is 0.111. The molecule has 1 aromatic carbocycles. The summed E-state index contributed by atoms with van der Waals surface area (Å²) in [5.74, 6) is 0.719. The van der Waals surface area contributed by atoms with Crippen molar-refractivity contribution < 1.29 is 18.0 Å². The van der Waals surface area contributed by atoms with Crippen LogP contribution in [-0.4, -0.2) is 80.2 Å². The number of rotatable bonds is 4. The molecule has 2 aliphatic heterocycles. The molecule has 0 radical (unpaired) electrons. The number of hydrogen-bond acceptors (Lipinski definition) is 7. The van der Waals surface area contributed by atoms with Crippen LogP contribution < -0.4 is 5.32 Å². The van der Waals surface area contributed by atoms with Crippen LogP contribution in [0.4, 0.5) is 0 Å². The quantitative estimate of drug-likeness (QED) is 0.534. The van der Waals surface area contributed by atoms with Gasteiger partial charge in [-0.2, -0.15) is 0 Å². The number of sulfone groups is 1. The summed E-state index contributed by atoms with van der Waals surface area (Å²) in [6.07, 6.45) is 10.9. The number of nitrogens with zero attached hydrogens (tertiary/aromatic N) is 3. The summed E-state index contributed by atoms with van der Waals surface area (Å²) < 4.78 is 23.7. The first-order valence-electron chi connectivity index (χ1n) is 12.4. The molecule has 0 aliphatic carbocycles. The van der Waals surface area contributed by atoms with Crippen LogP contribution in [0.5, 0.6) is 0 Å². The highest BCUT2D eigenvalue weighted by molar-refractivity contribution is 7.91. The fourth-order valence-corrected chi connectivity index (χ4v) is 5.75. The van der Waals surface area contributed by atoms with Gasteiger partial charge < -0.3 is 14.8 Å². The molecule has 5 rings (SSSR count). The highest BCUT2D eigenvalue weighted by Crippen LogP contribution is 2.19. The number of hydrogen-bond donors (Lipinski definition) is 1.